The van der Waals surface area contributed by atoms with E-state index in [0.29, 0.717) is 6.42 Å². The third-order valence-electron chi connectivity index (χ3n) is 1.99. The summed E-state index contributed by atoms with van der Waals surface area (Å²) >= 11 is 2.06. The zero-order chi connectivity index (χ0) is 12.1. The van der Waals surface area contributed by atoms with E-state index in [1.807, 2.05) is 6.92 Å². The van der Waals surface area contributed by atoms with Crippen LogP contribution in [0.15, 0.2) is 18.2 Å². The molecule has 1 rings (SSSR count). The highest BCUT2D eigenvalue weighted by atomic mass is 127. The number of halogens is 1. The Morgan fingerprint density at radius 1 is 1.69 bits per heavy atom. The molecule has 0 aromatic heterocycles. The summed E-state index contributed by atoms with van der Waals surface area (Å²) in [5, 5.41) is 13.7. The molecule has 0 aliphatic carbocycles. The molecule has 0 saturated carbocycles. The molecule has 1 aromatic rings. The zero-order valence-electron chi connectivity index (χ0n) is 8.74. The van der Waals surface area contributed by atoms with Crippen LogP contribution in [0.2, 0.25) is 0 Å². The molecule has 0 amide bonds. The molecular weight excluding hydrogens is 319 g/mol. The van der Waals surface area contributed by atoms with Crippen molar-refractivity contribution in [2.45, 2.75) is 19.4 Å². The van der Waals surface area contributed by atoms with Crippen molar-refractivity contribution in [2.75, 3.05) is 5.32 Å². The normalized spacial score (nSPS) is 11.6. The quantitative estimate of drug-likeness (QED) is 0.400. The van der Waals surface area contributed by atoms with E-state index in [1.54, 1.807) is 6.07 Å². The summed E-state index contributed by atoms with van der Waals surface area (Å²) in [4.78, 5) is 10.1. The van der Waals surface area contributed by atoms with Crippen molar-refractivity contribution in [2.24, 2.45) is 0 Å². The van der Waals surface area contributed by atoms with Crippen molar-refractivity contribution in [1.82, 2.24) is 0 Å². The molecule has 16 heavy (non-hydrogen) atoms. The second kappa shape index (κ2) is 5.70. The Hall–Kier alpha value is -1.29. The first kappa shape index (κ1) is 12.8. The lowest BCUT2D eigenvalue weighted by Gasteiger charge is -2.13. The Morgan fingerprint density at radius 3 is 2.88 bits per heavy atom. The van der Waals surface area contributed by atoms with E-state index in [2.05, 4.69) is 33.8 Å². The van der Waals surface area contributed by atoms with Gasteiger partial charge in [0.25, 0.3) is 5.69 Å². The number of hydrogen-bond donors (Lipinski definition) is 1. The van der Waals surface area contributed by atoms with Gasteiger partial charge < -0.3 is 5.32 Å². The smallest absolute Gasteiger partial charge is 0.270 e. The molecule has 0 fully saturated rings. The Balaban J connectivity index is 2.84. The largest absolute Gasteiger partial charge is 0.381 e. The highest BCUT2D eigenvalue weighted by molar-refractivity contribution is 14.1. The van der Waals surface area contributed by atoms with Crippen LogP contribution in [0.3, 0.4) is 0 Å². The predicted molar refractivity (Wildman–Crippen MR) is 72.3 cm³/mol. The second-order valence-corrected chi connectivity index (χ2v) is 4.54. The highest BCUT2D eigenvalue weighted by Gasteiger charge is 2.10. The number of rotatable bonds is 4. The number of nitrogens with zero attached hydrogens (tertiary/aromatic N) is 1. The average molecular weight is 330 g/mol. The first-order valence-electron chi connectivity index (χ1n) is 4.68. The summed E-state index contributed by atoms with van der Waals surface area (Å²) in [6.45, 7) is 1.97. The van der Waals surface area contributed by atoms with Gasteiger partial charge in [-0.3, -0.25) is 10.1 Å². The minimum atomic E-state index is -0.406. The van der Waals surface area contributed by atoms with E-state index in [0.717, 1.165) is 9.26 Å². The van der Waals surface area contributed by atoms with E-state index in [9.17, 15) is 10.1 Å². The number of nitro groups is 1. The molecule has 1 aromatic carbocycles. The average Bonchev–Trinajstić information content (AvgIpc) is 2.21. The van der Waals surface area contributed by atoms with Crippen LogP contribution in [0.25, 0.3) is 0 Å². The fraction of sp³-hybridized carbons (Fsp3) is 0.273. The van der Waals surface area contributed by atoms with Gasteiger partial charge in [0.05, 0.1) is 4.92 Å². The SMILES string of the molecule is C#CCC(C)Nc1ccc([N+](=O)[O-])cc1I. The molecule has 5 heteroatoms. The molecule has 1 N–H and O–H groups in total. The molecule has 0 radical (unpaired) electrons. The Bertz CT molecular complexity index is 440. The Labute approximate surface area is 108 Å². The number of terminal acetylenes is 1. The van der Waals surface area contributed by atoms with E-state index < -0.39 is 4.92 Å². The molecule has 1 unspecified atom stereocenters. The third-order valence-corrected chi connectivity index (χ3v) is 2.88. The molecule has 0 aliphatic rings. The van der Waals surface area contributed by atoms with E-state index in [-0.39, 0.29) is 11.7 Å². The summed E-state index contributed by atoms with van der Waals surface area (Å²) in [7, 11) is 0. The van der Waals surface area contributed by atoms with E-state index in [1.165, 1.54) is 12.1 Å². The lowest BCUT2D eigenvalue weighted by Crippen LogP contribution is -2.14. The number of non-ortho nitro benzene ring substituents is 1. The van der Waals surface area contributed by atoms with E-state index >= 15 is 0 Å². The van der Waals surface area contributed by atoms with Gasteiger partial charge in [-0.25, -0.2) is 0 Å². The molecule has 0 spiro atoms. The van der Waals surface area contributed by atoms with Gasteiger partial charge >= 0.3 is 0 Å². The summed E-state index contributed by atoms with van der Waals surface area (Å²) < 4.78 is 0.815. The maximum absolute atomic E-state index is 10.5. The van der Waals surface area contributed by atoms with Gasteiger partial charge in [-0.05, 0) is 35.6 Å². The van der Waals surface area contributed by atoms with Gasteiger partial charge in [0.1, 0.15) is 0 Å². The van der Waals surface area contributed by atoms with Crippen molar-refractivity contribution in [1.29, 1.82) is 0 Å². The molecule has 0 bridgehead atoms. The van der Waals surface area contributed by atoms with Crippen molar-refractivity contribution in [3.05, 3.63) is 31.9 Å². The number of hydrogen-bond acceptors (Lipinski definition) is 3. The number of anilines is 1. The molecule has 0 aliphatic heterocycles. The summed E-state index contributed by atoms with van der Waals surface area (Å²) in [5.74, 6) is 2.56. The number of nitrogens with one attached hydrogen (secondary N) is 1. The van der Waals surface area contributed by atoms with Crippen LogP contribution in [-0.4, -0.2) is 11.0 Å². The maximum atomic E-state index is 10.5. The maximum Gasteiger partial charge on any atom is 0.270 e. The van der Waals surface area contributed by atoms with Crippen LogP contribution in [0, 0.1) is 26.0 Å². The number of benzene rings is 1. The molecule has 1 atom stereocenters. The molecule has 0 saturated heterocycles. The summed E-state index contributed by atoms with van der Waals surface area (Å²) in [5.41, 5.74) is 0.966. The van der Waals surface area contributed by atoms with Crippen LogP contribution < -0.4 is 5.32 Å². The summed E-state index contributed by atoms with van der Waals surface area (Å²) in [6, 6.07) is 4.87. The van der Waals surface area contributed by atoms with Crippen molar-refractivity contribution in [3.8, 4) is 12.3 Å². The van der Waals surface area contributed by atoms with Gasteiger partial charge in [-0.1, -0.05) is 0 Å². The minimum absolute atomic E-state index is 0.0968. The van der Waals surface area contributed by atoms with Crippen LogP contribution in [-0.2, 0) is 0 Å². The topological polar surface area (TPSA) is 55.2 Å². The first-order valence-corrected chi connectivity index (χ1v) is 5.76. The lowest BCUT2D eigenvalue weighted by atomic mass is 10.2. The van der Waals surface area contributed by atoms with Gasteiger partial charge in [0.2, 0.25) is 0 Å². The van der Waals surface area contributed by atoms with Crippen LogP contribution in [0.1, 0.15) is 13.3 Å². The van der Waals surface area contributed by atoms with Crippen molar-refractivity contribution < 1.29 is 4.92 Å². The Morgan fingerprint density at radius 2 is 2.38 bits per heavy atom. The van der Waals surface area contributed by atoms with Gasteiger partial charge in [0.15, 0.2) is 0 Å². The molecular formula is C11H11IN2O2. The molecule has 0 heterocycles. The van der Waals surface area contributed by atoms with E-state index in [4.69, 9.17) is 6.42 Å². The fourth-order valence-electron chi connectivity index (χ4n) is 1.23. The van der Waals surface area contributed by atoms with Crippen molar-refractivity contribution in [3.63, 3.8) is 0 Å². The molecule has 84 valence electrons. The predicted octanol–water partition coefficient (Wildman–Crippen LogP) is 3.02. The highest BCUT2D eigenvalue weighted by Crippen LogP contribution is 2.24. The zero-order valence-corrected chi connectivity index (χ0v) is 10.9. The lowest BCUT2D eigenvalue weighted by molar-refractivity contribution is -0.384. The number of nitro benzene ring substituents is 1. The first-order chi connectivity index (χ1) is 7.54. The van der Waals surface area contributed by atoms with Crippen LogP contribution >= 0.6 is 22.6 Å². The van der Waals surface area contributed by atoms with Gasteiger partial charge in [-0.2, -0.15) is 0 Å². The van der Waals surface area contributed by atoms with Gasteiger partial charge in [0, 0.05) is 33.9 Å². The standard InChI is InChI=1S/C11H11IN2O2/c1-3-4-8(2)13-11-6-5-9(14(15)16)7-10(11)12/h1,5-8,13H,4H2,2H3. The fourth-order valence-corrected chi connectivity index (χ4v) is 1.88. The Kier molecular flexibility index (Phi) is 4.55. The third kappa shape index (κ3) is 3.38. The monoisotopic (exact) mass is 330 g/mol. The summed E-state index contributed by atoms with van der Waals surface area (Å²) in [6.07, 6.45) is 5.82. The van der Waals surface area contributed by atoms with Crippen molar-refractivity contribution >= 4 is 34.0 Å². The molecule has 4 nitrogen and oxygen atoms in total. The van der Waals surface area contributed by atoms with Crippen LogP contribution in [0.5, 0.6) is 0 Å². The second-order valence-electron chi connectivity index (χ2n) is 3.37. The van der Waals surface area contributed by atoms with Gasteiger partial charge in [-0.15, -0.1) is 12.3 Å². The van der Waals surface area contributed by atoms with Crippen LogP contribution in [0.4, 0.5) is 11.4 Å². The minimum Gasteiger partial charge on any atom is -0.381 e.